The molecule has 2 aromatic heterocycles. The van der Waals surface area contributed by atoms with Crippen molar-refractivity contribution >= 4 is 22.1 Å². The van der Waals surface area contributed by atoms with Crippen LogP contribution >= 0.6 is 0 Å². The molecule has 5 nitrogen and oxygen atoms in total. The van der Waals surface area contributed by atoms with Gasteiger partial charge in [0.2, 0.25) is 0 Å². The highest BCUT2D eigenvalue weighted by atomic mass is 15.3. The molecule has 1 fully saturated rings. The summed E-state index contributed by atoms with van der Waals surface area (Å²) < 4.78 is 2.41. The van der Waals surface area contributed by atoms with Crippen LogP contribution in [0.5, 0.6) is 0 Å². The normalized spacial score (nSPS) is 19.3. The van der Waals surface area contributed by atoms with Gasteiger partial charge in [-0.3, -0.25) is 4.90 Å². The Balaban J connectivity index is 1.54. The first-order chi connectivity index (χ1) is 12.8. The molecule has 1 aliphatic heterocycles. The number of fused-ring (bicyclic) bond motifs is 4. The smallest absolute Gasteiger partial charge is 0.160 e. The van der Waals surface area contributed by atoms with E-state index in [4.69, 9.17) is 9.97 Å². The summed E-state index contributed by atoms with van der Waals surface area (Å²) >= 11 is 0. The van der Waals surface area contributed by atoms with Gasteiger partial charge in [0.15, 0.2) is 5.65 Å². The lowest BCUT2D eigenvalue weighted by Crippen LogP contribution is -2.45. The molecular formula is C21H27N5. The molecule has 1 aromatic carbocycles. The molecule has 3 aromatic rings. The van der Waals surface area contributed by atoms with Gasteiger partial charge in [0.1, 0.15) is 5.52 Å². The van der Waals surface area contributed by atoms with Gasteiger partial charge in [-0.15, -0.1) is 0 Å². The predicted octanol–water partition coefficient (Wildman–Crippen LogP) is 2.71. The summed E-state index contributed by atoms with van der Waals surface area (Å²) in [6.45, 7) is 6.73. The maximum Gasteiger partial charge on any atom is 0.160 e. The summed E-state index contributed by atoms with van der Waals surface area (Å²) in [5.74, 6) is 0. The number of para-hydroxylation sites is 1. The lowest BCUT2D eigenvalue weighted by atomic mass is 10.0. The zero-order valence-corrected chi connectivity index (χ0v) is 15.6. The van der Waals surface area contributed by atoms with E-state index >= 15 is 0 Å². The Labute approximate surface area is 154 Å². The molecule has 0 atom stereocenters. The third-order valence-corrected chi connectivity index (χ3v) is 6.05. The van der Waals surface area contributed by atoms with E-state index in [0.29, 0.717) is 0 Å². The van der Waals surface area contributed by atoms with E-state index in [1.807, 2.05) is 0 Å². The monoisotopic (exact) mass is 349 g/mol. The molecule has 1 saturated heterocycles. The molecule has 0 radical (unpaired) electrons. The van der Waals surface area contributed by atoms with Gasteiger partial charge in [-0.1, -0.05) is 18.2 Å². The molecule has 136 valence electrons. The molecule has 0 N–H and O–H groups in total. The van der Waals surface area contributed by atoms with Crippen LogP contribution in [0.4, 0.5) is 0 Å². The van der Waals surface area contributed by atoms with Crippen molar-refractivity contribution in [2.75, 3.05) is 39.8 Å². The van der Waals surface area contributed by atoms with Gasteiger partial charge >= 0.3 is 0 Å². The number of nitrogens with zero attached hydrogens (tertiary/aromatic N) is 5. The quantitative estimate of drug-likeness (QED) is 0.729. The second-order valence-corrected chi connectivity index (χ2v) is 7.81. The Hall–Kier alpha value is -1.98. The average Bonchev–Trinajstić information content (AvgIpc) is 2.99. The van der Waals surface area contributed by atoms with Crippen molar-refractivity contribution in [1.82, 2.24) is 24.3 Å². The van der Waals surface area contributed by atoms with Crippen molar-refractivity contribution in [3.63, 3.8) is 0 Å². The molecule has 3 heterocycles. The van der Waals surface area contributed by atoms with E-state index in [9.17, 15) is 0 Å². The highest BCUT2D eigenvalue weighted by Gasteiger charge is 2.20. The molecule has 1 aliphatic carbocycles. The Morgan fingerprint density at radius 1 is 0.885 bits per heavy atom. The fraction of sp³-hybridized carbons (Fsp3) is 0.524. The van der Waals surface area contributed by atoms with Gasteiger partial charge in [0, 0.05) is 44.7 Å². The van der Waals surface area contributed by atoms with Gasteiger partial charge in [-0.25, -0.2) is 9.97 Å². The number of aryl methyl sites for hydroxylation is 2. The first kappa shape index (κ1) is 16.2. The van der Waals surface area contributed by atoms with Crippen LogP contribution in [0.1, 0.15) is 24.2 Å². The molecular weight excluding hydrogens is 322 g/mol. The van der Waals surface area contributed by atoms with Gasteiger partial charge in [0.05, 0.1) is 16.9 Å². The number of hydrogen-bond donors (Lipinski definition) is 0. The molecule has 5 heteroatoms. The van der Waals surface area contributed by atoms with E-state index in [-0.39, 0.29) is 0 Å². The summed E-state index contributed by atoms with van der Waals surface area (Å²) in [5, 5.41) is 1.25. The highest BCUT2D eigenvalue weighted by molar-refractivity contribution is 6.04. The predicted molar refractivity (Wildman–Crippen MR) is 106 cm³/mol. The van der Waals surface area contributed by atoms with E-state index in [0.717, 1.165) is 50.2 Å². The van der Waals surface area contributed by atoms with Crippen molar-refractivity contribution in [3.05, 3.63) is 35.7 Å². The number of benzene rings is 1. The Kier molecular flexibility index (Phi) is 4.14. The van der Waals surface area contributed by atoms with Gasteiger partial charge in [0.25, 0.3) is 0 Å². The fourth-order valence-corrected chi connectivity index (χ4v) is 4.41. The Bertz CT molecular complexity index is 936. The van der Waals surface area contributed by atoms with Crippen LogP contribution in [0.2, 0.25) is 0 Å². The van der Waals surface area contributed by atoms with Crippen LogP contribution in [0.25, 0.3) is 22.1 Å². The maximum absolute atomic E-state index is 5.10. The van der Waals surface area contributed by atoms with E-state index in [2.05, 4.69) is 45.7 Å². The van der Waals surface area contributed by atoms with Crippen molar-refractivity contribution < 1.29 is 0 Å². The number of likely N-dealkylation sites (N-methyl/N-ethyl adjacent to an activating group) is 1. The van der Waals surface area contributed by atoms with Gasteiger partial charge in [-0.05, 0) is 38.8 Å². The lowest BCUT2D eigenvalue weighted by molar-refractivity contribution is 0.151. The second kappa shape index (κ2) is 6.63. The molecule has 2 aliphatic rings. The maximum atomic E-state index is 5.10. The molecule has 0 spiro atoms. The average molecular weight is 349 g/mol. The van der Waals surface area contributed by atoms with Crippen LogP contribution in [0.3, 0.4) is 0 Å². The van der Waals surface area contributed by atoms with Gasteiger partial charge in [-0.2, -0.15) is 0 Å². The Morgan fingerprint density at radius 3 is 2.42 bits per heavy atom. The number of piperazine rings is 1. The van der Waals surface area contributed by atoms with Crippen LogP contribution in [-0.4, -0.2) is 64.1 Å². The number of aromatic nitrogens is 3. The molecule has 26 heavy (non-hydrogen) atoms. The van der Waals surface area contributed by atoms with Gasteiger partial charge < -0.3 is 9.47 Å². The van der Waals surface area contributed by atoms with Crippen LogP contribution in [-0.2, 0) is 19.4 Å². The molecule has 5 rings (SSSR count). The summed E-state index contributed by atoms with van der Waals surface area (Å²) in [6.07, 6.45) is 4.65. The van der Waals surface area contributed by atoms with Crippen LogP contribution < -0.4 is 0 Å². The molecule has 0 unspecified atom stereocenters. The van der Waals surface area contributed by atoms with Crippen molar-refractivity contribution in [1.29, 1.82) is 0 Å². The standard InChI is InChI=1S/C21H27N5/c1-24-10-12-25(13-11-24)14-15-26-19-9-5-2-6-16(19)20-21(26)23-18-8-4-3-7-17(18)22-20/h2,5-6,9H,3-4,7-8,10-15H2,1H3. The van der Waals surface area contributed by atoms with E-state index < -0.39 is 0 Å². The topological polar surface area (TPSA) is 37.2 Å². The van der Waals surface area contributed by atoms with Crippen molar-refractivity contribution in [3.8, 4) is 0 Å². The SMILES string of the molecule is CN1CCN(CCn2c3ccccc3c3nc4c(nc32)CCCC4)CC1. The fourth-order valence-electron chi connectivity index (χ4n) is 4.41. The zero-order valence-electron chi connectivity index (χ0n) is 15.6. The Morgan fingerprint density at radius 2 is 1.62 bits per heavy atom. The van der Waals surface area contributed by atoms with E-state index in [1.165, 1.54) is 48.2 Å². The molecule has 0 amide bonds. The van der Waals surface area contributed by atoms with Crippen molar-refractivity contribution in [2.24, 2.45) is 0 Å². The minimum Gasteiger partial charge on any atom is -0.323 e. The third kappa shape index (κ3) is 2.79. The highest BCUT2D eigenvalue weighted by Crippen LogP contribution is 2.29. The molecule has 0 bridgehead atoms. The largest absolute Gasteiger partial charge is 0.323 e. The summed E-state index contributed by atoms with van der Waals surface area (Å²) in [4.78, 5) is 15.2. The number of rotatable bonds is 3. The van der Waals surface area contributed by atoms with E-state index in [1.54, 1.807) is 0 Å². The van der Waals surface area contributed by atoms with Crippen LogP contribution in [0.15, 0.2) is 24.3 Å². The number of hydrogen-bond acceptors (Lipinski definition) is 4. The summed E-state index contributed by atoms with van der Waals surface area (Å²) in [7, 11) is 2.21. The second-order valence-electron chi connectivity index (χ2n) is 7.81. The summed E-state index contributed by atoms with van der Waals surface area (Å²) in [6, 6.07) is 8.68. The van der Waals surface area contributed by atoms with Crippen LogP contribution in [0, 0.1) is 0 Å². The first-order valence-electron chi connectivity index (χ1n) is 9.97. The first-order valence-corrected chi connectivity index (χ1v) is 9.97. The summed E-state index contributed by atoms with van der Waals surface area (Å²) in [5.41, 5.74) is 5.91. The van der Waals surface area contributed by atoms with Crippen molar-refractivity contribution in [2.45, 2.75) is 32.2 Å². The zero-order chi connectivity index (χ0) is 17.5. The lowest BCUT2D eigenvalue weighted by Gasteiger charge is -2.32. The third-order valence-electron chi connectivity index (χ3n) is 6.05. The minimum atomic E-state index is 0.987. The molecule has 0 saturated carbocycles. The minimum absolute atomic E-state index is 0.987.